The highest BCUT2D eigenvalue weighted by atomic mass is 31.2. The third-order valence-corrected chi connectivity index (χ3v) is 8.12. The third-order valence-electron chi connectivity index (χ3n) is 4.47. The van der Waals surface area contributed by atoms with Gasteiger partial charge in [-0.25, -0.2) is 0 Å². The summed E-state index contributed by atoms with van der Waals surface area (Å²) in [4.78, 5) is 0. The van der Waals surface area contributed by atoms with Gasteiger partial charge in [-0.1, -0.05) is 56.0 Å². The summed E-state index contributed by atoms with van der Waals surface area (Å²) >= 11 is 0. The predicted octanol–water partition coefficient (Wildman–Crippen LogP) is 6.97. The van der Waals surface area contributed by atoms with Crippen molar-refractivity contribution < 1.29 is 18.1 Å². The molecule has 0 amide bonds. The van der Waals surface area contributed by atoms with Crippen molar-refractivity contribution >= 4 is 15.9 Å². The van der Waals surface area contributed by atoms with Gasteiger partial charge in [-0.3, -0.25) is 0 Å². The molecule has 0 radical (unpaired) electrons. The number of benzene rings is 2. The average Bonchev–Trinajstić information content (AvgIpc) is 2.62. The van der Waals surface area contributed by atoms with E-state index in [1.807, 2.05) is 36.4 Å². The Balaban J connectivity index is 1.93. The van der Waals surface area contributed by atoms with Crippen LogP contribution in [-0.4, -0.2) is 8.07 Å². The quantitative estimate of drug-likeness (QED) is 0.370. The molecule has 2 aromatic rings. The molecule has 0 saturated carbocycles. The minimum absolute atomic E-state index is 0.461. The summed E-state index contributed by atoms with van der Waals surface area (Å²) in [5.41, 5.74) is 0. The van der Waals surface area contributed by atoms with Crippen molar-refractivity contribution in [3.63, 3.8) is 0 Å². The molecule has 0 aromatic heterocycles. The molecule has 1 aliphatic rings. The Morgan fingerprint density at radius 2 is 1.22 bits per heavy atom. The molecule has 4 nitrogen and oxygen atoms in total. The Kier molecular flexibility index (Phi) is 6.13. The summed E-state index contributed by atoms with van der Waals surface area (Å²) in [6.45, 7) is 6.87. The van der Waals surface area contributed by atoms with Crippen molar-refractivity contribution in [3.05, 3.63) is 71.6 Å². The molecule has 6 heteroatoms. The van der Waals surface area contributed by atoms with Crippen LogP contribution in [-0.2, 0) is 9.09 Å². The van der Waals surface area contributed by atoms with E-state index in [1.54, 1.807) is 24.3 Å². The van der Waals surface area contributed by atoms with Crippen LogP contribution in [0, 0.1) is 0 Å². The number of allylic oxidation sites excluding steroid dienone is 2. The van der Waals surface area contributed by atoms with E-state index in [-0.39, 0.29) is 0 Å². The van der Waals surface area contributed by atoms with Gasteiger partial charge in [-0.2, -0.15) is 4.57 Å². The molecule has 0 unspecified atom stereocenters. The fourth-order valence-corrected chi connectivity index (χ4v) is 6.55. The zero-order valence-corrected chi connectivity index (χ0v) is 18.1. The van der Waals surface area contributed by atoms with Gasteiger partial charge in [0.05, 0.1) is 8.07 Å². The van der Waals surface area contributed by atoms with Crippen LogP contribution < -0.4 is 9.05 Å². The lowest BCUT2D eigenvalue weighted by atomic mass is 10.1. The number of hydrogen-bond acceptors (Lipinski definition) is 4. The minimum atomic E-state index is -3.87. The summed E-state index contributed by atoms with van der Waals surface area (Å²) in [6, 6.07) is 18.1. The molecule has 0 atom stereocenters. The van der Waals surface area contributed by atoms with Crippen LogP contribution >= 0.6 is 7.82 Å². The molecule has 2 aromatic carbocycles. The Labute approximate surface area is 162 Å². The van der Waals surface area contributed by atoms with E-state index in [0.717, 1.165) is 31.4 Å². The second-order valence-electron chi connectivity index (χ2n) is 7.71. The zero-order chi connectivity index (χ0) is 19.3. The molecule has 0 spiro atoms. The monoisotopic (exact) mass is 402 g/mol. The second-order valence-corrected chi connectivity index (χ2v) is 14.3. The van der Waals surface area contributed by atoms with Crippen LogP contribution in [0.3, 0.4) is 0 Å². The highest BCUT2D eigenvalue weighted by Crippen LogP contribution is 2.53. The van der Waals surface area contributed by atoms with Gasteiger partial charge < -0.3 is 13.6 Å². The molecule has 3 rings (SSSR count). The maximum Gasteiger partial charge on any atom is 0.646 e. The first-order chi connectivity index (χ1) is 12.9. The summed E-state index contributed by atoms with van der Waals surface area (Å²) in [6.07, 6.45) is 3.96. The van der Waals surface area contributed by atoms with Gasteiger partial charge in [0.15, 0.2) is 0 Å². The second kappa shape index (κ2) is 8.36. The van der Waals surface area contributed by atoms with Gasteiger partial charge in [0.25, 0.3) is 0 Å². The van der Waals surface area contributed by atoms with E-state index >= 15 is 0 Å². The lowest BCUT2D eigenvalue weighted by Gasteiger charge is -2.30. The van der Waals surface area contributed by atoms with E-state index in [0.29, 0.717) is 11.5 Å². The lowest BCUT2D eigenvalue weighted by Crippen LogP contribution is -2.28. The Morgan fingerprint density at radius 3 is 1.70 bits per heavy atom. The van der Waals surface area contributed by atoms with Crippen molar-refractivity contribution in [1.82, 2.24) is 0 Å². The maximum absolute atomic E-state index is 13.6. The first-order valence-corrected chi connectivity index (χ1v) is 14.3. The van der Waals surface area contributed by atoms with E-state index in [1.165, 1.54) is 5.20 Å². The van der Waals surface area contributed by atoms with Gasteiger partial charge in [-0.05, 0) is 48.7 Å². The van der Waals surface area contributed by atoms with Crippen LogP contribution in [0.5, 0.6) is 11.5 Å². The Morgan fingerprint density at radius 1 is 0.741 bits per heavy atom. The van der Waals surface area contributed by atoms with Crippen LogP contribution in [0.25, 0.3) is 0 Å². The molecule has 1 aliphatic carbocycles. The normalized spacial score (nSPS) is 15.4. The average molecular weight is 403 g/mol. The molecule has 0 bridgehead atoms. The Hall–Kier alpha value is -1.97. The third kappa shape index (κ3) is 5.50. The van der Waals surface area contributed by atoms with Crippen LogP contribution in [0.2, 0.25) is 19.6 Å². The van der Waals surface area contributed by atoms with Crippen LogP contribution in [0.15, 0.2) is 71.6 Å². The van der Waals surface area contributed by atoms with Gasteiger partial charge >= 0.3 is 7.82 Å². The molecule has 0 saturated heterocycles. The van der Waals surface area contributed by atoms with E-state index < -0.39 is 15.9 Å². The number of hydrogen-bond donors (Lipinski definition) is 0. The smallest absolute Gasteiger partial charge is 0.391 e. The first-order valence-electron chi connectivity index (χ1n) is 9.37. The predicted molar refractivity (Wildman–Crippen MR) is 112 cm³/mol. The molecule has 0 aliphatic heterocycles. The summed E-state index contributed by atoms with van der Waals surface area (Å²) in [7, 11) is -5.46. The van der Waals surface area contributed by atoms with Crippen molar-refractivity contribution in [3.8, 4) is 11.5 Å². The zero-order valence-electron chi connectivity index (χ0n) is 16.2. The highest BCUT2D eigenvalue weighted by molar-refractivity contribution is 7.49. The SMILES string of the molecule is C[Si](C)(C)C1=C(OP(=O)(Oc2ccccc2)Oc2ccccc2)CCCC1. The number of rotatable bonds is 7. The molecule has 0 N–H and O–H groups in total. The van der Waals surface area contributed by atoms with E-state index in [2.05, 4.69) is 19.6 Å². The summed E-state index contributed by atoms with van der Waals surface area (Å²) in [5, 5.41) is 1.32. The lowest BCUT2D eigenvalue weighted by molar-refractivity contribution is 0.245. The van der Waals surface area contributed by atoms with E-state index in [9.17, 15) is 4.57 Å². The standard InChI is InChI=1S/C21H27O4PSi/c1-27(2,3)21-17-11-10-16-20(21)25-26(22,23-18-12-6-4-7-13-18)24-19-14-8-5-9-15-19/h4-9,12-15H,10-11,16-17H2,1-3H3. The van der Waals surface area contributed by atoms with Crippen LogP contribution in [0.1, 0.15) is 25.7 Å². The van der Waals surface area contributed by atoms with Crippen LogP contribution in [0.4, 0.5) is 0 Å². The number of para-hydroxylation sites is 2. The van der Waals surface area contributed by atoms with Crippen molar-refractivity contribution in [2.45, 2.75) is 45.3 Å². The molecule has 0 heterocycles. The highest BCUT2D eigenvalue weighted by Gasteiger charge is 2.37. The number of phosphoric ester groups is 1. The first kappa shape index (κ1) is 19.8. The molecular formula is C21H27O4PSi. The molecule has 27 heavy (non-hydrogen) atoms. The fourth-order valence-electron chi connectivity index (χ4n) is 3.18. The fraction of sp³-hybridized carbons (Fsp3) is 0.333. The van der Waals surface area contributed by atoms with Gasteiger partial charge in [0, 0.05) is 6.42 Å². The van der Waals surface area contributed by atoms with Gasteiger partial charge in [-0.15, -0.1) is 0 Å². The van der Waals surface area contributed by atoms with Crippen molar-refractivity contribution in [2.24, 2.45) is 0 Å². The summed E-state index contributed by atoms with van der Waals surface area (Å²) in [5.74, 6) is 1.72. The largest absolute Gasteiger partial charge is 0.646 e. The van der Waals surface area contributed by atoms with Crippen molar-refractivity contribution in [1.29, 1.82) is 0 Å². The minimum Gasteiger partial charge on any atom is -0.391 e. The Bertz CT molecular complexity index is 783. The van der Waals surface area contributed by atoms with E-state index in [4.69, 9.17) is 13.6 Å². The van der Waals surface area contributed by atoms with Gasteiger partial charge in [0.2, 0.25) is 0 Å². The molecular weight excluding hydrogens is 375 g/mol. The number of phosphoric acid groups is 1. The maximum atomic E-state index is 13.6. The van der Waals surface area contributed by atoms with Gasteiger partial charge in [0.1, 0.15) is 17.3 Å². The molecule has 0 fully saturated rings. The topological polar surface area (TPSA) is 44.8 Å². The summed E-state index contributed by atoms with van der Waals surface area (Å²) < 4.78 is 31.2. The van der Waals surface area contributed by atoms with Crippen molar-refractivity contribution in [2.75, 3.05) is 0 Å². The molecule has 144 valence electrons.